The van der Waals surface area contributed by atoms with Crippen LogP contribution < -0.4 is 10.1 Å². The van der Waals surface area contributed by atoms with E-state index in [0.29, 0.717) is 25.4 Å². The van der Waals surface area contributed by atoms with Gasteiger partial charge in [0.15, 0.2) is 0 Å². The highest BCUT2D eigenvalue weighted by atomic mass is 35.5. The van der Waals surface area contributed by atoms with Crippen molar-refractivity contribution in [3.05, 3.63) is 29.0 Å². The summed E-state index contributed by atoms with van der Waals surface area (Å²) in [5.41, 5.74) is 0. The summed E-state index contributed by atoms with van der Waals surface area (Å²) in [6.07, 6.45) is -0.664. The molecule has 102 valence electrons. The Hall–Kier alpha value is -0.880. The monoisotopic (exact) mass is 277 g/mol. The van der Waals surface area contributed by atoms with Gasteiger partial charge in [-0.15, -0.1) is 0 Å². The highest BCUT2D eigenvalue weighted by molar-refractivity contribution is 6.32. The molecule has 0 fully saturated rings. The van der Waals surface area contributed by atoms with E-state index in [4.69, 9.17) is 21.1 Å². The fraction of sp³-hybridized carbons (Fsp3) is 0.500. The Morgan fingerprint density at radius 2 is 2.28 bits per heavy atom. The van der Waals surface area contributed by atoms with Gasteiger partial charge in [0, 0.05) is 20.2 Å². The predicted octanol–water partition coefficient (Wildman–Crippen LogP) is 1.45. The molecule has 0 radical (unpaired) electrons. The van der Waals surface area contributed by atoms with Gasteiger partial charge >= 0.3 is 0 Å². The molecule has 0 bridgehead atoms. The summed E-state index contributed by atoms with van der Waals surface area (Å²) in [4.78, 5) is 0. The first-order chi connectivity index (χ1) is 8.63. The Balaban J connectivity index is 2.27. The molecule has 0 spiro atoms. The summed E-state index contributed by atoms with van der Waals surface area (Å²) in [7, 11) is 1.61. The largest absolute Gasteiger partial charge is 0.489 e. The van der Waals surface area contributed by atoms with Crippen molar-refractivity contribution >= 4 is 11.6 Å². The minimum Gasteiger partial charge on any atom is -0.489 e. The molecule has 0 aliphatic heterocycles. The van der Waals surface area contributed by atoms with Gasteiger partial charge in [0.05, 0.1) is 11.6 Å². The van der Waals surface area contributed by atoms with E-state index >= 15 is 0 Å². The standard InChI is InChI=1S/C12H17ClFNO3/c1-17-5-4-15-7-10(16)8-18-12-3-2-9(14)6-11(12)13/h2-3,6,10,15-16H,4-5,7-8H2,1H3. The molecule has 0 aliphatic carbocycles. The van der Waals surface area contributed by atoms with Gasteiger partial charge < -0.3 is 19.9 Å². The van der Waals surface area contributed by atoms with E-state index in [2.05, 4.69) is 5.32 Å². The van der Waals surface area contributed by atoms with E-state index in [0.717, 1.165) is 0 Å². The number of nitrogens with one attached hydrogen (secondary N) is 1. The Morgan fingerprint density at radius 3 is 2.94 bits per heavy atom. The van der Waals surface area contributed by atoms with Crippen LogP contribution in [0.5, 0.6) is 5.75 Å². The zero-order chi connectivity index (χ0) is 13.4. The average molecular weight is 278 g/mol. The lowest BCUT2D eigenvalue weighted by Gasteiger charge is -2.13. The maximum atomic E-state index is 12.8. The minimum absolute atomic E-state index is 0.0886. The van der Waals surface area contributed by atoms with Gasteiger partial charge in [-0.2, -0.15) is 0 Å². The Labute approximate surface area is 111 Å². The highest BCUT2D eigenvalue weighted by Gasteiger charge is 2.07. The van der Waals surface area contributed by atoms with E-state index in [1.807, 2.05) is 0 Å². The van der Waals surface area contributed by atoms with Gasteiger partial charge in [-0.1, -0.05) is 11.6 Å². The fourth-order valence-corrected chi connectivity index (χ4v) is 1.50. The number of benzene rings is 1. The van der Waals surface area contributed by atoms with Crippen molar-refractivity contribution in [2.24, 2.45) is 0 Å². The SMILES string of the molecule is COCCNCC(O)COc1ccc(F)cc1Cl. The molecule has 0 aromatic heterocycles. The number of hydrogen-bond donors (Lipinski definition) is 2. The molecule has 1 rings (SSSR count). The Morgan fingerprint density at radius 1 is 1.50 bits per heavy atom. The van der Waals surface area contributed by atoms with Crippen molar-refractivity contribution in [1.82, 2.24) is 5.32 Å². The maximum absolute atomic E-state index is 12.8. The van der Waals surface area contributed by atoms with Gasteiger partial charge in [-0.25, -0.2) is 4.39 Å². The van der Waals surface area contributed by atoms with Crippen LogP contribution in [0, 0.1) is 5.82 Å². The summed E-state index contributed by atoms with van der Waals surface area (Å²) < 4.78 is 22.9. The van der Waals surface area contributed by atoms with Crippen LogP contribution in [0.3, 0.4) is 0 Å². The number of rotatable bonds is 8. The molecule has 0 saturated carbocycles. The van der Waals surface area contributed by atoms with Crippen LogP contribution in [0.2, 0.25) is 5.02 Å². The van der Waals surface area contributed by atoms with Crippen molar-refractivity contribution in [3.63, 3.8) is 0 Å². The summed E-state index contributed by atoms with van der Waals surface area (Å²) in [6.45, 7) is 1.72. The number of methoxy groups -OCH3 is 1. The molecule has 1 atom stereocenters. The molecule has 1 aromatic carbocycles. The summed E-state index contributed by atoms with van der Waals surface area (Å²) in [6, 6.07) is 3.85. The molecule has 1 aromatic rings. The maximum Gasteiger partial charge on any atom is 0.138 e. The van der Waals surface area contributed by atoms with Gasteiger partial charge in [0.1, 0.15) is 24.3 Å². The molecular formula is C12H17ClFNO3. The van der Waals surface area contributed by atoms with Crippen LogP contribution in [0.25, 0.3) is 0 Å². The van der Waals surface area contributed by atoms with Gasteiger partial charge in [-0.05, 0) is 18.2 Å². The third kappa shape index (κ3) is 5.64. The second-order valence-electron chi connectivity index (χ2n) is 3.74. The number of aliphatic hydroxyl groups excluding tert-OH is 1. The molecule has 1 unspecified atom stereocenters. The Kier molecular flexibility index (Phi) is 6.97. The number of aliphatic hydroxyl groups is 1. The zero-order valence-corrected chi connectivity index (χ0v) is 10.9. The summed E-state index contributed by atoms with van der Waals surface area (Å²) >= 11 is 5.78. The van der Waals surface area contributed by atoms with Gasteiger partial charge in [-0.3, -0.25) is 0 Å². The normalized spacial score (nSPS) is 12.4. The van der Waals surface area contributed by atoms with E-state index < -0.39 is 11.9 Å². The lowest BCUT2D eigenvalue weighted by Crippen LogP contribution is -2.33. The fourth-order valence-electron chi connectivity index (χ4n) is 1.28. The number of halogens is 2. The molecular weight excluding hydrogens is 261 g/mol. The van der Waals surface area contributed by atoms with Crippen LogP contribution in [0.1, 0.15) is 0 Å². The first-order valence-electron chi connectivity index (χ1n) is 5.59. The number of ether oxygens (including phenoxy) is 2. The lowest BCUT2D eigenvalue weighted by molar-refractivity contribution is 0.103. The van der Waals surface area contributed by atoms with E-state index in [-0.39, 0.29) is 11.6 Å². The topological polar surface area (TPSA) is 50.7 Å². The van der Waals surface area contributed by atoms with E-state index in [1.54, 1.807) is 7.11 Å². The van der Waals surface area contributed by atoms with E-state index in [9.17, 15) is 9.50 Å². The molecule has 4 nitrogen and oxygen atoms in total. The van der Waals surface area contributed by atoms with Crippen LogP contribution >= 0.6 is 11.6 Å². The third-order valence-electron chi connectivity index (χ3n) is 2.19. The average Bonchev–Trinajstić information content (AvgIpc) is 2.33. The van der Waals surface area contributed by atoms with Crippen LogP contribution in [-0.2, 0) is 4.74 Å². The second-order valence-corrected chi connectivity index (χ2v) is 4.14. The van der Waals surface area contributed by atoms with Gasteiger partial charge in [0.2, 0.25) is 0 Å². The highest BCUT2D eigenvalue weighted by Crippen LogP contribution is 2.24. The first kappa shape index (κ1) is 15.2. The van der Waals surface area contributed by atoms with Crippen LogP contribution in [0.15, 0.2) is 18.2 Å². The summed E-state index contributed by atoms with van der Waals surface area (Å²) in [5.74, 6) is -0.0665. The Bertz CT molecular complexity index is 365. The quantitative estimate of drug-likeness (QED) is 0.707. The molecule has 0 aliphatic rings. The van der Waals surface area contributed by atoms with Crippen LogP contribution in [-0.4, -0.2) is 44.6 Å². The van der Waals surface area contributed by atoms with Crippen molar-refractivity contribution in [1.29, 1.82) is 0 Å². The van der Waals surface area contributed by atoms with Crippen molar-refractivity contribution in [2.75, 3.05) is 33.4 Å². The number of hydrogen-bond acceptors (Lipinski definition) is 4. The molecule has 0 heterocycles. The summed E-state index contributed by atoms with van der Waals surface area (Å²) in [5, 5.41) is 12.8. The molecule has 6 heteroatoms. The molecule has 0 amide bonds. The minimum atomic E-state index is -0.664. The third-order valence-corrected chi connectivity index (χ3v) is 2.48. The molecule has 0 saturated heterocycles. The molecule has 2 N–H and O–H groups in total. The van der Waals surface area contributed by atoms with E-state index in [1.165, 1.54) is 18.2 Å². The van der Waals surface area contributed by atoms with Crippen molar-refractivity contribution in [3.8, 4) is 5.75 Å². The van der Waals surface area contributed by atoms with Crippen LogP contribution in [0.4, 0.5) is 4.39 Å². The predicted molar refractivity (Wildman–Crippen MR) is 67.7 cm³/mol. The smallest absolute Gasteiger partial charge is 0.138 e. The van der Waals surface area contributed by atoms with Crippen molar-refractivity contribution in [2.45, 2.75) is 6.10 Å². The van der Waals surface area contributed by atoms with Gasteiger partial charge in [0.25, 0.3) is 0 Å². The first-order valence-corrected chi connectivity index (χ1v) is 5.97. The van der Waals surface area contributed by atoms with Crippen molar-refractivity contribution < 1.29 is 19.0 Å². The lowest BCUT2D eigenvalue weighted by atomic mass is 10.3. The second kappa shape index (κ2) is 8.26. The zero-order valence-electron chi connectivity index (χ0n) is 10.2. The molecule has 18 heavy (non-hydrogen) atoms.